The minimum Gasteiger partial charge on any atom is -0.327 e. The molecule has 0 saturated carbocycles. The van der Waals surface area contributed by atoms with Crippen molar-refractivity contribution in [2.45, 2.75) is 24.9 Å². The minimum atomic E-state index is -0.167. The number of nitrogens with zero attached hydrogens (tertiary/aromatic N) is 6. The van der Waals surface area contributed by atoms with E-state index in [4.69, 9.17) is 0 Å². The zero-order valence-corrected chi connectivity index (χ0v) is 16.5. The Bertz CT molecular complexity index is 1120. The van der Waals surface area contributed by atoms with Gasteiger partial charge in [0.1, 0.15) is 10.5 Å². The number of rotatable bonds is 6. The molecular weight excluding hydrogens is 382 g/mol. The monoisotopic (exact) mass is 399 g/mol. The van der Waals surface area contributed by atoms with Crippen LogP contribution < -0.4 is 5.32 Å². The molecular formula is C17H17N7OS2. The van der Waals surface area contributed by atoms with Crippen molar-refractivity contribution >= 4 is 56.2 Å². The number of anilines is 1. The van der Waals surface area contributed by atoms with Gasteiger partial charge >= 0.3 is 0 Å². The lowest BCUT2D eigenvalue weighted by atomic mass is 10.2. The van der Waals surface area contributed by atoms with E-state index in [1.54, 1.807) is 0 Å². The van der Waals surface area contributed by atoms with Gasteiger partial charge in [-0.2, -0.15) is 0 Å². The van der Waals surface area contributed by atoms with Gasteiger partial charge in [-0.1, -0.05) is 48.2 Å². The summed E-state index contributed by atoms with van der Waals surface area (Å²) in [5.74, 6) is 0.0137. The zero-order valence-electron chi connectivity index (χ0n) is 14.8. The summed E-state index contributed by atoms with van der Waals surface area (Å²) in [5, 5.41) is 22.2. The number of aryl methyl sites for hydroxylation is 2. The smallest absolute Gasteiger partial charge is 0.236 e. The molecule has 0 saturated heterocycles. The molecule has 0 unspecified atom stereocenters. The summed E-state index contributed by atoms with van der Waals surface area (Å²) in [5.41, 5.74) is 2.56. The van der Waals surface area contributed by atoms with Crippen LogP contribution in [0.15, 0.2) is 29.4 Å². The third-order valence-electron chi connectivity index (χ3n) is 4.00. The lowest BCUT2D eigenvalue weighted by molar-refractivity contribution is -0.113. The average Bonchev–Trinajstić information content (AvgIpc) is 3.23. The maximum Gasteiger partial charge on any atom is 0.236 e. The van der Waals surface area contributed by atoms with Crippen LogP contribution in [0.2, 0.25) is 0 Å². The Labute approximate surface area is 163 Å². The fourth-order valence-corrected chi connectivity index (χ4v) is 4.20. The Morgan fingerprint density at radius 2 is 2.07 bits per heavy atom. The van der Waals surface area contributed by atoms with E-state index < -0.39 is 0 Å². The Morgan fingerprint density at radius 3 is 2.93 bits per heavy atom. The molecule has 1 amide bonds. The lowest BCUT2D eigenvalue weighted by Crippen LogP contribution is -2.14. The lowest BCUT2D eigenvalue weighted by Gasteiger charge is -2.01. The van der Waals surface area contributed by atoms with Crippen LogP contribution in [0, 0.1) is 0 Å². The highest BCUT2D eigenvalue weighted by Gasteiger charge is 2.14. The average molecular weight is 400 g/mol. The molecule has 0 atom stereocenters. The van der Waals surface area contributed by atoms with Gasteiger partial charge in [-0.15, -0.1) is 20.4 Å². The molecule has 10 heteroatoms. The molecule has 0 spiro atoms. The summed E-state index contributed by atoms with van der Waals surface area (Å²) in [7, 11) is 1.95. The fourth-order valence-electron chi connectivity index (χ4n) is 2.76. The highest BCUT2D eigenvalue weighted by molar-refractivity contribution is 7.99. The molecule has 3 aromatic heterocycles. The number of hydrogen-bond donors (Lipinski definition) is 1. The third-order valence-corrected chi connectivity index (χ3v) is 5.73. The molecule has 0 bridgehead atoms. The summed E-state index contributed by atoms with van der Waals surface area (Å²) < 4.78 is 1.99. The predicted molar refractivity (Wildman–Crippen MR) is 107 cm³/mol. The van der Waals surface area contributed by atoms with E-state index in [9.17, 15) is 4.79 Å². The highest BCUT2D eigenvalue weighted by atomic mass is 32.2. The van der Waals surface area contributed by atoms with E-state index in [0.29, 0.717) is 10.3 Å². The van der Waals surface area contributed by atoms with Gasteiger partial charge < -0.3 is 4.57 Å². The van der Waals surface area contributed by atoms with Gasteiger partial charge in [0.25, 0.3) is 0 Å². The molecule has 0 aliphatic heterocycles. The number of nitrogens with one attached hydrogen (secondary N) is 1. The molecule has 4 aromatic rings. The SMILES string of the molecule is CCCc1nnc(NC(=O)CSc2nnc3c4ccccc4n(C)c3n2)s1. The van der Waals surface area contributed by atoms with Gasteiger partial charge in [-0.25, -0.2) is 4.98 Å². The second-order valence-electron chi connectivity index (χ2n) is 5.93. The van der Waals surface area contributed by atoms with E-state index in [2.05, 4.69) is 37.6 Å². The molecule has 0 aliphatic carbocycles. The van der Waals surface area contributed by atoms with Crippen LogP contribution in [0.5, 0.6) is 0 Å². The summed E-state index contributed by atoms with van der Waals surface area (Å²) in [6, 6.07) is 7.97. The number of benzene rings is 1. The first-order chi connectivity index (χ1) is 13.2. The largest absolute Gasteiger partial charge is 0.327 e. The maximum absolute atomic E-state index is 12.2. The Kier molecular flexibility index (Phi) is 4.99. The first kappa shape index (κ1) is 17.8. The number of thioether (sulfide) groups is 1. The Hall–Kier alpha value is -2.59. The van der Waals surface area contributed by atoms with E-state index in [1.165, 1.54) is 23.1 Å². The number of fused-ring (bicyclic) bond motifs is 3. The molecule has 138 valence electrons. The number of amides is 1. The molecule has 27 heavy (non-hydrogen) atoms. The van der Waals surface area contributed by atoms with Crippen molar-refractivity contribution in [3.8, 4) is 0 Å². The fraction of sp³-hybridized carbons (Fsp3) is 0.294. The molecule has 3 heterocycles. The summed E-state index contributed by atoms with van der Waals surface area (Å²) in [4.78, 5) is 16.7. The van der Waals surface area contributed by atoms with Gasteiger partial charge in [0.05, 0.1) is 11.3 Å². The number of carbonyl (C=O) groups is 1. The molecule has 0 aliphatic rings. The number of carbonyl (C=O) groups excluding carboxylic acids is 1. The normalized spacial score (nSPS) is 11.3. The van der Waals surface area contributed by atoms with Gasteiger partial charge in [-0.05, 0) is 12.5 Å². The third kappa shape index (κ3) is 3.62. The second-order valence-corrected chi connectivity index (χ2v) is 7.94. The quantitative estimate of drug-likeness (QED) is 0.498. The molecule has 8 nitrogen and oxygen atoms in total. The van der Waals surface area contributed by atoms with Crippen LogP contribution in [0.25, 0.3) is 22.1 Å². The first-order valence-corrected chi connectivity index (χ1v) is 10.3. The molecule has 0 radical (unpaired) electrons. The van der Waals surface area contributed by atoms with Crippen molar-refractivity contribution in [3.63, 3.8) is 0 Å². The van der Waals surface area contributed by atoms with E-state index in [1.807, 2.05) is 35.9 Å². The van der Waals surface area contributed by atoms with E-state index in [0.717, 1.165) is 39.9 Å². The predicted octanol–water partition coefficient (Wildman–Crippen LogP) is 3.05. The number of hydrogen-bond acceptors (Lipinski definition) is 8. The van der Waals surface area contributed by atoms with Crippen molar-refractivity contribution in [1.82, 2.24) is 29.9 Å². The Balaban J connectivity index is 1.46. The summed E-state index contributed by atoms with van der Waals surface area (Å²) in [6.07, 6.45) is 1.87. The topological polar surface area (TPSA) is 98.5 Å². The maximum atomic E-state index is 12.2. The van der Waals surface area contributed by atoms with Crippen LogP contribution in [0.1, 0.15) is 18.4 Å². The number of aromatic nitrogens is 6. The van der Waals surface area contributed by atoms with Crippen LogP contribution in [0.4, 0.5) is 5.13 Å². The standard InChI is InChI=1S/C17H17N7OS2/c1-3-6-13-20-23-17(27-13)18-12(25)9-26-16-19-15-14(21-22-16)10-7-4-5-8-11(10)24(15)2/h4-5,7-8H,3,6,9H2,1-2H3,(H,18,23,25). The van der Waals surface area contributed by atoms with Crippen LogP contribution in [0.3, 0.4) is 0 Å². The van der Waals surface area contributed by atoms with Gasteiger partial charge in [0.15, 0.2) is 5.65 Å². The van der Waals surface area contributed by atoms with Gasteiger partial charge in [-0.3, -0.25) is 10.1 Å². The van der Waals surface area contributed by atoms with Crippen molar-refractivity contribution in [2.75, 3.05) is 11.1 Å². The van der Waals surface area contributed by atoms with Crippen molar-refractivity contribution in [1.29, 1.82) is 0 Å². The second kappa shape index (κ2) is 7.57. The summed E-state index contributed by atoms with van der Waals surface area (Å²) in [6.45, 7) is 2.08. The van der Waals surface area contributed by atoms with Crippen molar-refractivity contribution in [2.24, 2.45) is 7.05 Å². The zero-order chi connectivity index (χ0) is 18.8. The van der Waals surface area contributed by atoms with E-state index in [-0.39, 0.29) is 11.7 Å². The first-order valence-electron chi connectivity index (χ1n) is 8.48. The molecule has 4 rings (SSSR count). The van der Waals surface area contributed by atoms with Gasteiger partial charge in [0.2, 0.25) is 16.2 Å². The molecule has 1 N–H and O–H groups in total. The van der Waals surface area contributed by atoms with Crippen LogP contribution >= 0.6 is 23.1 Å². The van der Waals surface area contributed by atoms with Crippen molar-refractivity contribution < 1.29 is 4.79 Å². The molecule has 1 aromatic carbocycles. The van der Waals surface area contributed by atoms with E-state index >= 15 is 0 Å². The Morgan fingerprint density at radius 1 is 1.22 bits per heavy atom. The highest BCUT2D eigenvalue weighted by Crippen LogP contribution is 2.26. The van der Waals surface area contributed by atoms with Crippen molar-refractivity contribution in [3.05, 3.63) is 29.3 Å². The van der Waals surface area contributed by atoms with Gasteiger partial charge in [0, 0.05) is 18.9 Å². The summed E-state index contributed by atoms with van der Waals surface area (Å²) >= 11 is 2.65. The van der Waals surface area contributed by atoms with Crippen LogP contribution in [-0.2, 0) is 18.3 Å². The number of para-hydroxylation sites is 1. The molecule has 0 fully saturated rings. The van der Waals surface area contributed by atoms with Crippen LogP contribution in [-0.4, -0.2) is 41.6 Å². The minimum absolute atomic E-state index is 0.167.